The Morgan fingerprint density at radius 2 is 1.38 bits per heavy atom. The highest BCUT2D eigenvalue weighted by molar-refractivity contribution is 6.05. The summed E-state index contributed by atoms with van der Waals surface area (Å²) in [5.41, 5.74) is 7.17. The van der Waals surface area contributed by atoms with E-state index < -0.39 is 5.97 Å². The van der Waals surface area contributed by atoms with Gasteiger partial charge in [-0.25, -0.2) is 0 Å². The zero-order chi connectivity index (χ0) is 19.1. The van der Waals surface area contributed by atoms with Crippen LogP contribution >= 0.6 is 0 Å². The van der Waals surface area contributed by atoms with Crippen LogP contribution in [0.15, 0.2) is 48.5 Å². The summed E-state index contributed by atoms with van der Waals surface area (Å²) in [4.78, 5) is 34.5. The van der Waals surface area contributed by atoms with Gasteiger partial charge in [-0.05, 0) is 36.4 Å². The molecule has 0 aliphatic rings. The van der Waals surface area contributed by atoms with E-state index in [1.54, 1.807) is 36.4 Å². The molecule has 0 aromatic heterocycles. The normalized spacial score (nSPS) is 10.0. The molecule has 2 amide bonds. The summed E-state index contributed by atoms with van der Waals surface area (Å²) >= 11 is 0. The van der Waals surface area contributed by atoms with Crippen LogP contribution in [0.3, 0.4) is 0 Å². The number of carbonyl (C=O) groups excluding carboxylic acids is 2. The van der Waals surface area contributed by atoms with E-state index in [1.807, 2.05) is 0 Å². The third kappa shape index (κ3) is 5.17. The second-order valence-electron chi connectivity index (χ2n) is 5.42. The maximum Gasteiger partial charge on any atom is 0.305 e. The van der Waals surface area contributed by atoms with Crippen molar-refractivity contribution in [1.82, 2.24) is 5.32 Å². The number of carboxylic acid groups (broad SMARTS) is 1. The molecule has 0 saturated carbocycles. The van der Waals surface area contributed by atoms with E-state index in [2.05, 4.69) is 10.6 Å². The van der Waals surface area contributed by atoms with Gasteiger partial charge in [0.05, 0.1) is 6.42 Å². The number of hydrogen-bond donors (Lipinski definition) is 5. The van der Waals surface area contributed by atoms with E-state index in [4.69, 9.17) is 16.2 Å². The molecule has 0 saturated heterocycles. The van der Waals surface area contributed by atoms with E-state index in [9.17, 15) is 14.4 Å². The molecule has 8 nitrogen and oxygen atoms in total. The third-order valence-corrected chi connectivity index (χ3v) is 3.49. The molecular weight excluding hydrogens is 336 g/mol. The number of nitrogens with two attached hydrogens (primary N) is 1. The summed E-state index contributed by atoms with van der Waals surface area (Å²) in [5.74, 6) is -1.78. The monoisotopic (exact) mass is 354 g/mol. The number of anilines is 1. The molecule has 0 unspecified atom stereocenters. The second kappa shape index (κ2) is 8.43. The standard InChI is InChI=1S/C18H18N4O4/c19-16(20)11-1-3-13(4-2-11)18(26)22-14-7-5-12(6-8-14)17(25)21-10-9-15(23)24/h1-8H,9-10H2,(H3,19,20)(H,21,25)(H,22,26)(H,23,24). The third-order valence-electron chi connectivity index (χ3n) is 3.49. The molecule has 0 aliphatic heterocycles. The van der Waals surface area contributed by atoms with Crippen molar-refractivity contribution in [2.75, 3.05) is 11.9 Å². The molecule has 0 bridgehead atoms. The van der Waals surface area contributed by atoms with Gasteiger partial charge in [-0.15, -0.1) is 0 Å². The molecule has 0 atom stereocenters. The van der Waals surface area contributed by atoms with Crippen LogP contribution in [-0.2, 0) is 4.79 Å². The Bertz CT molecular complexity index is 829. The van der Waals surface area contributed by atoms with Crippen molar-refractivity contribution < 1.29 is 19.5 Å². The number of amidine groups is 1. The van der Waals surface area contributed by atoms with Gasteiger partial charge in [0.1, 0.15) is 5.84 Å². The summed E-state index contributed by atoms with van der Waals surface area (Å²) in [6, 6.07) is 12.5. The lowest BCUT2D eigenvalue weighted by Crippen LogP contribution is -2.25. The Labute approximate surface area is 149 Å². The van der Waals surface area contributed by atoms with Gasteiger partial charge in [-0.2, -0.15) is 0 Å². The van der Waals surface area contributed by atoms with E-state index in [0.717, 1.165) is 0 Å². The zero-order valence-electron chi connectivity index (χ0n) is 13.8. The minimum Gasteiger partial charge on any atom is -0.481 e. The van der Waals surface area contributed by atoms with Gasteiger partial charge in [0.25, 0.3) is 11.8 Å². The van der Waals surface area contributed by atoms with Crippen molar-refractivity contribution in [3.63, 3.8) is 0 Å². The number of amides is 2. The summed E-state index contributed by atoms with van der Waals surface area (Å²) in [6.07, 6.45) is -0.150. The minimum atomic E-state index is -0.986. The number of hydrogen-bond acceptors (Lipinski definition) is 4. The zero-order valence-corrected chi connectivity index (χ0v) is 13.8. The Balaban J connectivity index is 1.95. The van der Waals surface area contributed by atoms with Gasteiger partial charge in [-0.3, -0.25) is 19.8 Å². The molecule has 134 valence electrons. The van der Waals surface area contributed by atoms with Crippen molar-refractivity contribution in [2.45, 2.75) is 6.42 Å². The first kappa shape index (κ1) is 18.7. The maximum atomic E-state index is 12.2. The Morgan fingerprint density at radius 3 is 1.92 bits per heavy atom. The smallest absolute Gasteiger partial charge is 0.305 e. The molecule has 2 aromatic carbocycles. The van der Waals surface area contributed by atoms with Gasteiger partial charge in [0.2, 0.25) is 0 Å². The number of carbonyl (C=O) groups is 3. The highest BCUT2D eigenvalue weighted by Gasteiger charge is 2.09. The number of rotatable bonds is 7. The molecule has 2 rings (SSSR count). The van der Waals surface area contributed by atoms with E-state index >= 15 is 0 Å². The molecule has 2 aromatic rings. The van der Waals surface area contributed by atoms with Crippen LogP contribution in [0.5, 0.6) is 0 Å². The highest BCUT2D eigenvalue weighted by Crippen LogP contribution is 2.12. The number of aliphatic carboxylic acids is 1. The fourth-order valence-corrected chi connectivity index (χ4v) is 2.09. The Hall–Kier alpha value is -3.68. The van der Waals surface area contributed by atoms with Crippen molar-refractivity contribution in [1.29, 1.82) is 5.41 Å². The topological polar surface area (TPSA) is 145 Å². The lowest BCUT2D eigenvalue weighted by molar-refractivity contribution is -0.136. The lowest BCUT2D eigenvalue weighted by Gasteiger charge is -2.08. The summed E-state index contributed by atoms with van der Waals surface area (Å²) in [5, 5.41) is 21.1. The highest BCUT2D eigenvalue weighted by atomic mass is 16.4. The van der Waals surface area contributed by atoms with E-state index in [0.29, 0.717) is 22.4 Å². The van der Waals surface area contributed by atoms with Crippen LogP contribution in [-0.4, -0.2) is 35.3 Å². The second-order valence-corrected chi connectivity index (χ2v) is 5.42. The predicted octanol–water partition coefficient (Wildman–Crippen LogP) is 1.43. The number of nitrogens with one attached hydrogen (secondary N) is 3. The summed E-state index contributed by atoms with van der Waals surface area (Å²) in [7, 11) is 0. The van der Waals surface area contributed by atoms with Crippen molar-refractivity contribution in [3.05, 3.63) is 65.2 Å². The van der Waals surface area contributed by atoms with Gasteiger partial charge in [0, 0.05) is 28.9 Å². The molecule has 6 N–H and O–H groups in total. The largest absolute Gasteiger partial charge is 0.481 e. The molecule has 0 heterocycles. The van der Waals surface area contributed by atoms with Crippen LogP contribution < -0.4 is 16.4 Å². The van der Waals surface area contributed by atoms with E-state index in [1.165, 1.54) is 12.1 Å². The van der Waals surface area contributed by atoms with Gasteiger partial charge in [-0.1, -0.05) is 12.1 Å². The minimum absolute atomic E-state index is 0.0446. The van der Waals surface area contributed by atoms with Crippen LogP contribution in [0.4, 0.5) is 5.69 Å². The summed E-state index contributed by atoms with van der Waals surface area (Å²) < 4.78 is 0. The molecule has 0 fully saturated rings. The summed E-state index contributed by atoms with van der Waals surface area (Å²) in [6.45, 7) is 0.0446. The maximum absolute atomic E-state index is 12.2. The van der Waals surface area contributed by atoms with Crippen LogP contribution in [0.1, 0.15) is 32.7 Å². The predicted molar refractivity (Wildman–Crippen MR) is 96.4 cm³/mol. The average molecular weight is 354 g/mol. The first-order valence-electron chi connectivity index (χ1n) is 7.72. The van der Waals surface area contributed by atoms with Crippen LogP contribution in [0, 0.1) is 5.41 Å². The van der Waals surface area contributed by atoms with Crippen molar-refractivity contribution in [3.8, 4) is 0 Å². The fourth-order valence-electron chi connectivity index (χ4n) is 2.09. The molecule has 26 heavy (non-hydrogen) atoms. The van der Waals surface area contributed by atoms with Crippen molar-refractivity contribution in [2.24, 2.45) is 5.73 Å². The Kier molecular flexibility index (Phi) is 6.05. The van der Waals surface area contributed by atoms with Crippen molar-refractivity contribution >= 4 is 29.3 Å². The molecule has 0 radical (unpaired) electrons. The average Bonchev–Trinajstić information content (AvgIpc) is 2.62. The molecule has 0 aliphatic carbocycles. The first-order chi connectivity index (χ1) is 12.4. The number of benzene rings is 2. The fraction of sp³-hybridized carbons (Fsp3) is 0.111. The number of carboxylic acids is 1. The first-order valence-corrected chi connectivity index (χ1v) is 7.72. The Morgan fingerprint density at radius 1 is 0.885 bits per heavy atom. The van der Waals surface area contributed by atoms with Gasteiger partial charge < -0.3 is 21.5 Å². The molecule has 8 heteroatoms. The lowest BCUT2D eigenvalue weighted by atomic mass is 10.1. The van der Waals surface area contributed by atoms with Crippen LogP contribution in [0.2, 0.25) is 0 Å². The van der Waals surface area contributed by atoms with Gasteiger partial charge in [0.15, 0.2) is 0 Å². The van der Waals surface area contributed by atoms with Gasteiger partial charge >= 0.3 is 5.97 Å². The molecule has 0 spiro atoms. The molecular formula is C18H18N4O4. The quantitative estimate of drug-likeness (QED) is 0.377. The van der Waals surface area contributed by atoms with Crippen LogP contribution in [0.25, 0.3) is 0 Å². The number of nitrogen functional groups attached to an aromatic ring is 1. The SMILES string of the molecule is N=C(N)c1ccc(C(=O)Nc2ccc(C(=O)NCCC(=O)O)cc2)cc1. The van der Waals surface area contributed by atoms with E-state index in [-0.39, 0.29) is 30.6 Å².